The third kappa shape index (κ3) is 3.33. The van der Waals surface area contributed by atoms with Gasteiger partial charge in [-0.25, -0.2) is 4.52 Å². The number of hydrogen-bond acceptors (Lipinski definition) is 7. The van der Waals surface area contributed by atoms with Crippen LogP contribution in [0.3, 0.4) is 0 Å². The Bertz CT molecular complexity index is 1310. The first-order valence-electron chi connectivity index (χ1n) is 9.06. The number of pyridine rings is 2. The monoisotopic (exact) mass is 476 g/mol. The second kappa shape index (κ2) is 7.17. The minimum atomic E-state index is -0.232. The molecule has 0 spiro atoms. The van der Waals surface area contributed by atoms with Gasteiger partial charge in [0.1, 0.15) is 21.3 Å². The number of H-pyrrole nitrogens is 1. The molecular formula is C18H17BrN6O3S. The second-order valence-electron chi connectivity index (χ2n) is 7.01. The molecule has 0 saturated carbocycles. The predicted octanol–water partition coefficient (Wildman–Crippen LogP) is 2.21. The van der Waals surface area contributed by atoms with E-state index in [9.17, 15) is 9.59 Å². The normalized spacial score (nSPS) is 17.7. The van der Waals surface area contributed by atoms with E-state index >= 15 is 0 Å². The van der Waals surface area contributed by atoms with Crippen LogP contribution < -0.4 is 10.9 Å². The Morgan fingerprint density at radius 1 is 1.48 bits per heavy atom. The van der Waals surface area contributed by atoms with Gasteiger partial charge in [-0.15, -0.1) is 11.3 Å². The third-order valence-corrected chi connectivity index (χ3v) is 6.66. The van der Waals surface area contributed by atoms with Crippen molar-refractivity contribution in [1.82, 2.24) is 24.5 Å². The molecule has 29 heavy (non-hydrogen) atoms. The van der Waals surface area contributed by atoms with E-state index in [2.05, 4.69) is 41.2 Å². The van der Waals surface area contributed by atoms with Crippen molar-refractivity contribution in [3.8, 4) is 0 Å². The Hall–Kier alpha value is -2.34. The number of nitrogens with zero attached hydrogens (tertiary/aromatic N) is 4. The van der Waals surface area contributed by atoms with Gasteiger partial charge in [-0.05, 0) is 28.4 Å². The van der Waals surface area contributed by atoms with E-state index in [1.807, 2.05) is 6.20 Å². The zero-order valence-corrected chi connectivity index (χ0v) is 17.8. The van der Waals surface area contributed by atoms with Gasteiger partial charge in [0.05, 0.1) is 40.0 Å². The second-order valence-corrected chi connectivity index (χ2v) is 9.42. The van der Waals surface area contributed by atoms with Crippen LogP contribution in [0.25, 0.3) is 26.8 Å². The summed E-state index contributed by atoms with van der Waals surface area (Å²) < 4.78 is 7.90. The number of amides is 1. The van der Waals surface area contributed by atoms with Crippen LogP contribution in [0.4, 0.5) is 5.69 Å². The molecule has 1 atom stereocenters. The lowest BCUT2D eigenvalue weighted by Gasteiger charge is -2.15. The molecule has 1 fully saturated rings. The van der Waals surface area contributed by atoms with Crippen LogP contribution in [0, 0.1) is 0 Å². The number of halogens is 1. The summed E-state index contributed by atoms with van der Waals surface area (Å²) in [6.07, 6.45) is 4.51. The molecular weight excluding hydrogens is 460 g/mol. The molecule has 11 heteroatoms. The molecule has 1 amide bonds. The van der Waals surface area contributed by atoms with Crippen LogP contribution >= 0.6 is 27.3 Å². The highest BCUT2D eigenvalue weighted by Crippen LogP contribution is 2.30. The van der Waals surface area contributed by atoms with E-state index < -0.39 is 0 Å². The maximum absolute atomic E-state index is 12.6. The van der Waals surface area contributed by atoms with Crippen molar-refractivity contribution in [1.29, 1.82) is 0 Å². The molecule has 5 rings (SSSR count). The van der Waals surface area contributed by atoms with Crippen LogP contribution in [-0.4, -0.2) is 63.2 Å². The smallest absolute Gasteiger partial charge is 0.261 e. The van der Waals surface area contributed by atoms with Gasteiger partial charge in [-0.3, -0.25) is 19.5 Å². The summed E-state index contributed by atoms with van der Waals surface area (Å²) in [5.74, 6) is -0.126. The first-order valence-corrected chi connectivity index (χ1v) is 10.7. The number of fused-ring (bicyclic) bond motifs is 5. The predicted molar refractivity (Wildman–Crippen MR) is 115 cm³/mol. The summed E-state index contributed by atoms with van der Waals surface area (Å²) in [5, 5.41) is 7.88. The van der Waals surface area contributed by atoms with Gasteiger partial charge >= 0.3 is 0 Å². The van der Waals surface area contributed by atoms with E-state index in [4.69, 9.17) is 4.74 Å². The number of aromatic nitrogens is 4. The van der Waals surface area contributed by atoms with Crippen molar-refractivity contribution in [3.05, 3.63) is 32.6 Å². The highest BCUT2D eigenvalue weighted by molar-refractivity contribution is 9.11. The molecule has 5 heterocycles. The number of hydrogen-bond donors (Lipinski definition) is 2. The van der Waals surface area contributed by atoms with Crippen LogP contribution in [0.5, 0.6) is 0 Å². The molecule has 1 unspecified atom stereocenters. The van der Waals surface area contributed by atoms with E-state index in [1.54, 1.807) is 23.9 Å². The molecule has 1 saturated heterocycles. The first kappa shape index (κ1) is 18.7. The summed E-state index contributed by atoms with van der Waals surface area (Å²) in [6, 6.07) is 1.71. The number of methoxy groups -OCH3 is 1. The van der Waals surface area contributed by atoms with Crippen molar-refractivity contribution in [2.45, 2.75) is 12.5 Å². The van der Waals surface area contributed by atoms with Crippen molar-refractivity contribution in [2.75, 3.05) is 32.1 Å². The van der Waals surface area contributed by atoms with Gasteiger partial charge in [0.15, 0.2) is 0 Å². The lowest BCUT2D eigenvalue weighted by molar-refractivity contribution is -0.117. The van der Waals surface area contributed by atoms with Crippen molar-refractivity contribution < 1.29 is 9.53 Å². The number of ether oxygens (including phenoxy) is 1. The summed E-state index contributed by atoms with van der Waals surface area (Å²) >= 11 is 4.85. The molecule has 4 aromatic rings. The summed E-state index contributed by atoms with van der Waals surface area (Å²) in [5.41, 5.74) is 1.97. The van der Waals surface area contributed by atoms with E-state index in [-0.39, 0.29) is 17.6 Å². The Kier molecular flexibility index (Phi) is 4.62. The fourth-order valence-corrected chi connectivity index (χ4v) is 5.20. The lowest BCUT2D eigenvalue weighted by Crippen LogP contribution is -2.32. The first-order chi connectivity index (χ1) is 14.0. The number of anilines is 1. The van der Waals surface area contributed by atoms with Crippen molar-refractivity contribution in [3.63, 3.8) is 0 Å². The van der Waals surface area contributed by atoms with E-state index in [0.717, 1.165) is 28.1 Å². The molecule has 2 N–H and O–H groups in total. The molecule has 150 valence electrons. The molecule has 1 aliphatic heterocycles. The minimum absolute atomic E-state index is 0.126. The number of nitrogens with one attached hydrogen (secondary N) is 2. The minimum Gasteiger partial charge on any atom is -0.380 e. The summed E-state index contributed by atoms with van der Waals surface area (Å²) in [4.78, 5) is 35.2. The molecule has 0 radical (unpaired) electrons. The van der Waals surface area contributed by atoms with Gasteiger partial charge in [0.2, 0.25) is 5.91 Å². The van der Waals surface area contributed by atoms with Gasteiger partial charge in [0.25, 0.3) is 5.56 Å². The van der Waals surface area contributed by atoms with E-state index in [0.29, 0.717) is 34.2 Å². The average Bonchev–Trinajstić information content (AvgIpc) is 3.35. The molecule has 9 nitrogen and oxygen atoms in total. The Labute approximate surface area is 176 Å². The zero-order valence-electron chi connectivity index (χ0n) is 15.4. The van der Waals surface area contributed by atoms with Crippen LogP contribution in [0.2, 0.25) is 0 Å². The zero-order chi connectivity index (χ0) is 20.1. The Balaban J connectivity index is 1.43. The van der Waals surface area contributed by atoms with Gasteiger partial charge < -0.3 is 15.0 Å². The fraction of sp³-hybridized carbons (Fsp3) is 0.333. The third-order valence-electron chi connectivity index (χ3n) is 5.09. The van der Waals surface area contributed by atoms with Crippen LogP contribution in [-0.2, 0) is 9.53 Å². The van der Waals surface area contributed by atoms with Gasteiger partial charge in [0, 0.05) is 20.2 Å². The number of likely N-dealkylation sites (tertiary alicyclic amines) is 1. The Morgan fingerprint density at radius 3 is 3.14 bits per heavy atom. The number of thiazole rings is 1. The number of aromatic amines is 1. The lowest BCUT2D eigenvalue weighted by atomic mass is 10.2. The average molecular weight is 477 g/mol. The SMILES string of the molecule is COC1CCN(CC(=O)Nc2cnc3c(c2)[nH]c(=O)c2c3nn3cc(Br)sc23)C1. The van der Waals surface area contributed by atoms with Gasteiger partial charge in [-0.1, -0.05) is 0 Å². The highest BCUT2D eigenvalue weighted by atomic mass is 79.9. The Morgan fingerprint density at radius 2 is 2.34 bits per heavy atom. The molecule has 0 bridgehead atoms. The van der Waals surface area contributed by atoms with Crippen molar-refractivity contribution >= 4 is 65.6 Å². The van der Waals surface area contributed by atoms with E-state index in [1.165, 1.54) is 11.3 Å². The largest absolute Gasteiger partial charge is 0.380 e. The summed E-state index contributed by atoms with van der Waals surface area (Å²) in [7, 11) is 1.69. The topological polar surface area (TPSA) is 105 Å². The quantitative estimate of drug-likeness (QED) is 0.467. The highest BCUT2D eigenvalue weighted by Gasteiger charge is 2.24. The van der Waals surface area contributed by atoms with Crippen LogP contribution in [0.1, 0.15) is 6.42 Å². The molecule has 4 aromatic heterocycles. The van der Waals surface area contributed by atoms with Gasteiger partial charge in [-0.2, -0.15) is 5.10 Å². The van der Waals surface area contributed by atoms with Crippen molar-refractivity contribution in [2.24, 2.45) is 0 Å². The maximum Gasteiger partial charge on any atom is 0.261 e. The fourth-order valence-electron chi connectivity index (χ4n) is 3.73. The standard InChI is InChI=1S/C18H17BrN6O3S/c1-28-10-2-3-24(6-10)8-13(26)21-9-4-11-15(20-5-9)16-14(17(27)22-11)18-25(23-16)7-12(19)29-18/h4-5,7,10H,2-3,6,8H2,1H3,(H,21,26)(H,22,27). The molecule has 0 aliphatic carbocycles. The number of carbonyl (C=O) groups is 1. The number of carbonyl (C=O) groups excluding carboxylic acids is 1. The number of rotatable bonds is 4. The maximum atomic E-state index is 12.6. The molecule has 0 aromatic carbocycles. The van der Waals surface area contributed by atoms with Crippen LogP contribution in [0.15, 0.2) is 27.0 Å². The summed E-state index contributed by atoms with van der Waals surface area (Å²) in [6.45, 7) is 1.87. The molecule has 1 aliphatic rings.